The van der Waals surface area contributed by atoms with Crippen LogP contribution in [0.4, 0.5) is 0 Å². The number of hydrogen-bond donors (Lipinski definition) is 1. The minimum Gasteiger partial charge on any atom is -0.349 e. The highest BCUT2D eigenvalue weighted by Crippen LogP contribution is 2.18. The van der Waals surface area contributed by atoms with Crippen LogP contribution < -0.4 is 5.32 Å². The van der Waals surface area contributed by atoms with Crippen LogP contribution in [-0.4, -0.2) is 31.4 Å². The minimum absolute atomic E-state index is 0.145. The lowest BCUT2D eigenvalue weighted by Crippen LogP contribution is -2.26. The molecule has 15 heavy (non-hydrogen) atoms. The van der Waals surface area contributed by atoms with E-state index in [1.807, 2.05) is 11.4 Å². The van der Waals surface area contributed by atoms with Gasteiger partial charge in [0, 0.05) is 43.9 Å². The Morgan fingerprint density at radius 2 is 2.33 bits per heavy atom. The monoisotopic (exact) mass is 246 g/mol. The molecule has 0 bridgehead atoms. The van der Waals surface area contributed by atoms with E-state index in [2.05, 4.69) is 5.32 Å². The van der Waals surface area contributed by atoms with Crippen molar-refractivity contribution in [3.05, 3.63) is 21.3 Å². The normalized spacial score (nSPS) is 10.3. The molecule has 84 valence electrons. The van der Waals surface area contributed by atoms with Crippen molar-refractivity contribution in [3.63, 3.8) is 0 Å². The second-order valence-corrected chi connectivity index (χ2v) is 4.88. The first-order valence-corrected chi connectivity index (χ1v) is 5.99. The van der Waals surface area contributed by atoms with Crippen LogP contribution in [-0.2, 0) is 11.3 Å². The van der Waals surface area contributed by atoms with Gasteiger partial charge in [-0.15, -0.1) is 11.3 Å². The van der Waals surface area contributed by atoms with Crippen LogP contribution in [0.25, 0.3) is 0 Å². The standard InChI is InChI=1S/C10H15ClN2OS/c1-13(2)10(14)3-4-12-6-9-5-8(11)7-15-9/h5,7,12H,3-4,6H2,1-2H3. The molecule has 0 atom stereocenters. The van der Waals surface area contributed by atoms with Crippen LogP contribution in [0.5, 0.6) is 0 Å². The summed E-state index contributed by atoms with van der Waals surface area (Å²) < 4.78 is 0. The summed E-state index contributed by atoms with van der Waals surface area (Å²) in [5.74, 6) is 0.145. The lowest BCUT2D eigenvalue weighted by Gasteiger charge is -2.09. The maximum Gasteiger partial charge on any atom is 0.223 e. The number of thiophene rings is 1. The smallest absolute Gasteiger partial charge is 0.223 e. The zero-order chi connectivity index (χ0) is 11.3. The Balaban J connectivity index is 2.15. The van der Waals surface area contributed by atoms with Gasteiger partial charge in [-0.25, -0.2) is 0 Å². The van der Waals surface area contributed by atoms with Gasteiger partial charge in [-0.2, -0.15) is 0 Å². The molecule has 5 heteroatoms. The van der Waals surface area contributed by atoms with Gasteiger partial charge in [-0.05, 0) is 6.07 Å². The van der Waals surface area contributed by atoms with Gasteiger partial charge < -0.3 is 10.2 Å². The molecule has 0 aromatic carbocycles. The van der Waals surface area contributed by atoms with Crippen molar-refractivity contribution < 1.29 is 4.79 Å². The molecule has 0 spiro atoms. The second-order valence-electron chi connectivity index (χ2n) is 3.45. The predicted octanol–water partition coefficient (Wildman–Crippen LogP) is 1.97. The third-order valence-corrected chi connectivity index (χ3v) is 3.22. The van der Waals surface area contributed by atoms with Crippen molar-refractivity contribution in [2.24, 2.45) is 0 Å². The maximum atomic E-state index is 11.2. The summed E-state index contributed by atoms with van der Waals surface area (Å²) >= 11 is 7.41. The third-order valence-electron chi connectivity index (χ3n) is 1.94. The van der Waals surface area contributed by atoms with Crippen molar-refractivity contribution in [2.75, 3.05) is 20.6 Å². The van der Waals surface area contributed by atoms with E-state index in [1.165, 1.54) is 4.88 Å². The van der Waals surface area contributed by atoms with Gasteiger partial charge in [-0.3, -0.25) is 4.79 Å². The molecule has 0 fully saturated rings. The van der Waals surface area contributed by atoms with Crippen LogP contribution in [0.3, 0.4) is 0 Å². The SMILES string of the molecule is CN(C)C(=O)CCNCc1cc(Cl)cs1. The predicted molar refractivity (Wildman–Crippen MR) is 64.3 cm³/mol. The topological polar surface area (TPSA) is 32.3 Å². The number of nitrogens with zero attached hydrogens (tertiary/aromatic N) is 1. The summed E-state index contributed by atoms with van der Waals surface area (Å²) in [6, 6.07) is 1.94. The summed E-state index contributed by atoms with van der Waals surface area (Å²) in [4.78, 5) is 14.0. The molecule has 0 aliphatic carbocycles. The molecule has 1 rings (SSSR count). The fourth-order valence-corrected chi connectivity index (χ4v) is 2.12. The Bertz CT molecular complexity index is 325. The first kappa shape index (κ1) is 12.5. The van der Waals surface area contributed by atoms with E-state index in [1.54, 1.807) is 30.3 Å². The summed E-state index contributed by atoms with van der Waals surface area (Å²) in [6.45, 7) is 1.48. The average molecular weight is 247 g/mol. The zero-order valence-electron chi connectivity index (χ0n) is 8.92. The maximum absolute atomic E-state index is 11.2. The number of rotatable bonds is 5. The molecule has 3 nitrogen and oxygen atoms in total. The largest absolute Gasteiger partial charge is 0.349 e. The highest BCUT2D eigenvalue weighted by atomic mass is 35.5. The molecule has 1 heterocycles. The molecule has 0 radical (unpaired) electrons. The number of hydrogen-bond acceptors (Lipinski definition) is 3. The summed E-state index contributed by atoms with van der Waals surface area (Å²) in [5.41, 5.74) is 0. The van der Waals surface area contributed by atoms with Crippen LogP contribution in [0.1, 0.15) is 11.3 Å². The Morgan fingerprint density at radius 1 is 1.60 bits per heavy atom. The molecule has 1 aromatic rings. The fourth-order valence-electron chi connectivity index (χ4n) is 1.08. The Labute approximate surface area is 99.0 Å². The van der Waals surface area contributed by atoms with E-state index in [0.29, 0.717) is 13.0 Å². The molecule has 0 unspecified atom stereocenters. The Morgan fingerprint density at radius 3 is 2.87 bits per heavy atom. The first-order chi connectivity index (χ1) is 7.09. The van der Waals surface area contributed by atoms with Crippen molar-refractivity contribution >= 4 is 28.8 Å². The molecular weight excluding hydrogens is 232 g/mol. The van der Waals surface area contributed by atoms with Crippen molar-refractivity contribution in [2.45, 2.75) is 13.0 Å². The zero-order valence-corrected chi connectivity index (χ0v) is 10.5. The summed E-state index contributed by atoms with van der Waals surface area (Å²) in [7, 11) is 3.53. The number of nitrogens with one attached hydrogen (secondary N) is 1. The molecule has 1 N–H and O–H groups in total. The number of amides is 1. The van der Waals surface area contributed by atoms with E-state index < -0.39 is 0 Å². The highest BCUT2D eigenvalue weighted by molar-refractivity contribution is 7.10. The number of halogens is 1. The van der Waals surface area contributed by atoms with Crippen molar-refractivity contribution in [1.29, 1.82) is 0 Å². The third kappa shape index (κ3) is 4.64. The lowest BCUT2D eigenvalue weighted by atomic mass is 10.3. The van der Waals surface area contributed by atoms with Gasteiger partial charge >= 0.3 is 0 Å². The van der Waals surface area contributed by atoms with Crippen LogP contribution in [0.2, 0.25) is 5.02 Å². The summed E-state index contributed by atoms with van der Waals surface area (Å²) in [5, 5.41) is 5.89. The second kappa shape index (κ2) is 6.10. The molecule has 0 saturated carbocycles. The van der Waals surface area contributed by atoms with E-state index in [-0.39, 0.29) is 5.91 Å². The summed E-state index contributed by atoms with van der Waals surface area (Å²) in [6.07, 6.45) is 0.534. The van der Waals surface area contributed by atoms with E-state index in [0.717, 1.165) is 11.6 Å². The molecule has 1 amide bonds. The van der Waals surface area contributed by atoms with Crippen molar-refractivity contribution in [1.82, 2.24) is 10.2 Å². The van der Waals surface area contributed by atoms with E-state index in [9.17, 15) is 4.79 Å². The Kier molecular flexibility index (Phi) is 5.08. The fraction of sp³-hybridized carbons (Fsp3) is 0.500. The van der Waals surface area contributed by atoms with Gasteiger partial charge in [0.15, 0.2) is 0 Å². The van der Waals surface area contributed by atoms with Crippen LogP contribution in [0.15, 0.2) is 11.4 Å². The number of carbonyl (C=O) groups is 1. The average Bonchev–Trinajstić information content (AvgIpc) is 2.58. The first-order valence-electron chi connectivity index (χ1n) is 4.73. The van der Waals surface area contributed by atoms with Gasteiger partial charge in [0.2, 0.25) is 5.91 Å². The van der Waals surface area contributed by atoms with Gasteiger partial charge in [0.25, 0.3) is 0 Å². The molecule has 1 aromatic heterocycles. The van der Waals surface area contributed by atoms with Gasteiger partial charge in [0.1, 0.15) is 0 Å². The molecule has 0 aliphatic rings. The Hall–Kier alpha value is -0.580. The lowest BCUT2D eigenvalue weighted by molar-refractivity contribution is -0.128. The minimum atomic E-state index is 0.145. The quantitative estimate of drug-likeness (QED) is 0.806. The van der Waals surface area contributed by atoms with Crippen LogP contribution in [0, 0.1) is 0 Å². The molecule has 0 saturated heterocycles. The van der Waals surface area contributed by atoms with E-state index in [4.69, 9.17) is 11.6 Å². The van der Waals surface area contributed by atoms with Gasteiger partial charge in [0.05, 0.1) is 5.02 Å². The molecule has 0 aliphatic heterocycles. The van der Waals surface area contributed by atoms with E-state index >= 15 is 0 Å². The molecular formula is C10H15ClN2OS. The van der Waals surface area contributed by atoms with Crippen molar-refractivity contribution in [3.8, 4) is 0 Å². The van der Waals surface area contributed by atoms with Crippen LogP contribution >= 0.6 is 22.9 Å². The van der Waals surface area contributed by atoms with Gasteiger partial charge in [-0.1, -0.05) is 11.6 Å². The highest BCUT2D eigenvalue weighted by Gasteiger charge is 2.03. The number of carbonyl (C=O) groups excluding carboxylic acids is 1.